The van der Waals surface area contributed by atoms with Crippen molar-refractivity contribution in [1.82, 2.24) is 4.57 Å². The maximum Gasteiger partial charge on any atom is 0.331 e. The highest BCUT2D eigenvalue weighted by Crippen LogP contribution is 2.38. The Morgan fingerprint density at radius 2 is 2.00 bits per heavy atom. The second kappa shape index (κ2) is 7.60. The van der Waals surface area contributed by atoms with Crippen LogP contribution in [0.5, 0.6) is 5.75 Å². The minimum absolute atomic E-state index is 0.173. The summed E-state index contributed by atoms with van der Waals surface area (Å²) in [4.78, 5) is 24.3. The number of Topliss-reactive ketones (excluding diaryl/α,β-unsaturated/α-hetero) is 1. The van der Waals surface area contributed by atoms with Crippen molar-refractivity contribution in [2.45, 2.75) is 32.7 Å². The molecule has 5 nitrogen and oxygen atoms in total. The lowest BCUT2D eigenvalue weighted by molar-refractivity contribution is -0.136. The van der Waals surface area contributed by atoms with E-state index < -0.39 is 5.97 Å². The Morgan fingerprint density at radius 3 is 2.69 bits per heavy atom. The number of hydrogen-bond donors (Lipinski definition) is 0. The third-order valence-electron chi connectivity index (χ3n) is 4.55. The summed E-state index contributed by atoms with van der Waals surface area (Å²) in [6.45, 7) is 3.70. The van der Waals surface area contributed by atoms with Crippen molar-refractivity contribution >= 4 is 17.8 Å². The van der Waals surface area contributed by atoms with E-state index in [0.29, 0.717) is 17.4 Å². The van der Waals surface area contributed by atoms with Gasteiger partial charge in [-0.1, -0.05) is 12.1 Å². The van der Waals surface area contributed by atoms with E-state index >= 15 is 0 Å². The monoisotopic (exact) mass is 353 g/mol. The van der Waals surface area contributed by atoms with Crippen LogP contribution in [-0.4, -0.2) is 30.0 Å². The molecule has 1 fully saturated rings. The molecule has 1 aliphatic carbocycles. The maximum absolute atomic E-state index is 12.4. The van der Waals surface area contributed by atoms with E-state index in [1.54, 1.807) is 13.2 Å². The number of carbonyl (C=O) groups is 2. The number of nitrogens with zero attached hydrogens (tertiary/aromatic N) is 1. The Morgan fingerprint density at radius 1 is 1.23 bits per heavy atom. The number of esters is 1. The number of rotatable bonds is 7. The van der Waals surface area contributed by atoms with Crippen LogP contribution in [0.4, 0.5) is 0 Å². The van der Waals surface area contributed by atoms with Gasteiger partial charge in [0.05, 0.1) is 7.11 Å². The molecule has 1 aromatic carbocycles. The number of aryl methyl sites for hydroxylation is 1. The molecule has 3 rings (SSSR count). The Hall–Kier alpha value is -2.82. The van der Waals surface area contributed by atoms with Crippen LogP contribution in [0.3, 0.4) is 0 Å². The van der Waals surface area contributed by atoms with Gasteiger partial charge >= 0.3 is 5.97 Å². The molecule has 0 N–H and O–H groups in total. The quantitative estimate of drug-likeness (QED) is 0.430. The van der Waals surface area contributed by atoms with Crippen molar-refractivity contribution in [3.8, 4) is 5.75 Å². The third-order valence-corrected chi connectivity index (χ3v) is 4.55. The predicted octanol–water partition coefficient (Wildman–Crippen LogP) is 3.89. The van der Waals surface area contributed by atoms with Gasteiger partial charge in [0.25, 0.3) is 0 Å². The Kier molecular flexibility index (Phi) is 5.26. The first-order valence-corrected chi connectivity index (χ1v) is 8.70. The minimum Gasteiger partial charge on any atom is -0.497 e. The zero-order valence-electron chi connectivity index (χ0n) is 15.3. The van der Waals surface area contributed by atoms with Crippen molar-refractivity contribution in [2.75, 3.05) is 13.7 Å². The molecule has 0 saturated heterocycles. The number of ketones is 1. The van der Waals surface area contributed by atoms with Gasteiger partial charge in [0.2, 0.25) is 5.78 Å². The van der Waals surface area contributed by atoms with Gasteiger partial charge in [0.15, 0.2) is 6.61 Å². The summed E-state index contributed by atoms with van der Waals surface area (Å²) in [6, 6.07) is 9.72. The van der Waals surface area contributed by atoms with Crippen molar-refractivity contribution in [3.63, 3.8) is 0 Å². The van der Waals surface area contributed by atoms with Crippen LogP contribution < -0.4 is 4.74 Å². The molecule has 5 heteroatoms. The van der Waals surface area contributed by atoms with Gasteiger partial charge in [-0.2, -0.15) is 0 Å². The summed E-state index contributed by atoms with van der Waals surface area (Å²) in [5.74, 6) is -0.00739. The van der Waals surface area contributed by atoms with Crippen LogP contribution in [0.2, 0.25) is 0 Å². The summed E-state index contributed by atoms with van der Waals surface area (Å²) in [6.07, 6.45) is 5.27. The average molecular weight is 353 g/mol. The van der Waals surface area contributed by atoms with E-state index in [1.807, 2.05) is 44.2 Å². The van der Waals surface area contributed by atoms with Gasteiger partial charge in [-0.3, -0.25) is 4.79 Å². The molecular formula is C21H23NO4. The van der Waals surface area contributed by atoms with E-state index in [2.05, 4.69) is 4.57 Å². The normalized spacial score (nSPS) is 13.8. The van der Waals surface area contributed by atoms with E-state index in [4.69, 9.17) is 9.47 Å². The van der Waals surface area contributed by atoms with Gasteiger partial charge < -0.3 is 14.0 Å². The molecule has 0 spiro atoms. The molecule has 0 atom stereocenters. The first-order chi connectivity index (χ1) is 12.5. The fourth-order valence-corrected chi connectivity index (χ4v) is 3.13. The predicted molar refractivity (Wildman–Crippen MR) is 99.5 cm³/mol. The summed E-state index contributed by atoms with van der Waals surface area (Å²) in [5.41, 5.74) is 3.50. The van der Waals surface area contributed by atoms with Crippen LogP contribution >= 0.6 is 0 Å². The number of benzene rings is 1. The Bertz CT molecular complexity index is 859. The Balaban J connectivity index is 1.58. The van der Waals surface area contributed by atoms with E-state index in [1.165, 1.54) is 6.08 Å². The molecule has 0 unspecified atom stereocenters. The van der Waals surface area contributed by atoms with Crippen LogP contribution in [0.1, 0.15) is 46.2 Å². The second-order valence-electron chi connectivity index (χ2n) is 6.53. The fraction of sp³-hybridized carbons (Fsp3) is 0.333. The molecule has 1 heterocycles. The van der Waals surface area contributed by atoms with Gasteiger partial charge in [-0.25, -0.2) is 4.79 Å². The SMILES string of the molecule is COc1cccc(/C=C/C(=O)OCC(=O)c2cc(C)n(C3CC3)c2C)c1. The van der Waals surface area contributed by atoms with E-state index in [0.717, 1.165) is 29.8 Å². The summed E-state index contributed by atoms with van der Waals surface area (Å²) in [5, 5.41) is 0. The number of methoxy groups -OCH3 is 1. The molecule has 0 aliphatic heterocycles. The topological polar surface area (TPSA) is 57.5 Å². The molecule has 1 saturated carbocycles. The van der Waals surface area contributed by atoms with Crippen LogP contribution in [-0.2, 0) is 9.53 Å². The lowest BCUT2D eigenvalue weighted by Gasteiger charge is -2.07. The zero-order chi connectivity index (χ0) is 18.7. The lowest BCUT2D eigenvalue weighted by atomic mass is 10.1. The summed E-state index contributed by atoms with van der Waals surface area (Å²) in [7, 11) is 1.59. The molecule has 1 aromatic heterocycles. The lowest BCUT2D eigenvalue weighted by Crippen LogP contribution is -2.13. The van der Waals surface area contributed by atoms with Gasteiger partial charge in [-0.05, 0) is 56.5 Å². The van der Waals surface area contributed by atoms with Crippen molar-refractivity contribution in [2.24, 2.45) is 0 Å². The molecular weight excluding hydrogens is 330 g/mol. The standard InChI is InChI=1S/C21H23NO4/c1-14-11-19(15(2)22(14)17-8-9-17)20(23)13-26-21(24)10-7-16-5-4-6-18(12-16)25-3/h4-7,10-12,17H,8-9,13H2,1-3H3/b10-7+. The summed E-state index contributed by atoms with van der Waals surface area (Å²) >= 11 is 0. The number of ether oxygens (including phenoxy) is 2. The van der Waals surface area contributed by atoms with Crippen molar-refractivity contribution < 1.29 is 19.1 Å². The highest BCUT2D eigenvalue weighted by molar-refractivity contribution is 6.00. The minimum atomic E-state index is -0.544. The highest BCUT2D eigenvalue weighted by Gasteiger charge is 2.28. The van der Waals surface area contributed by atoms with Crippen LogP contribution in [0.15, 0.2) is 36.4 Å². The average Bonchev–Trinajstić information content (AvgIpc) is 3.43. The Labute approximate surface area is 153 Å². The highest BCUT2D eigenvalue weighted by atomic mass is 16.5. The zero-order valence-corrected chi connectivity index (χ0v) is 15.3. The van der Waals surface area contributed by atoms with Crippen LogP contribution in [0, 0.1) is 13.8 Å². The summed E-state index contributed by atoms with van der Waals surface area (Å²) < 4.78 is 12.4. The smallest absolute Gasteiger partial charge is 0.331 e. The van der Waals surface area contributed by atoms with E-state index in [9.17, 15) is 9.59 Å². The van der Waals surface area contributed by atoms with Crippen molar-refractivity contribution in [3.05, 3.63) is 58.9 Å². The first-order valence-electron chi connectivity index (χ1n) is 8.70. The van der Waals surface area contributed by atoms with Crippen molar-refractivity contribution in [1.29, 1.82) is 0 Å². The molecule has 136 valence electrons. The maximum atomic E-state index is 12.4. The molecule has 0 amide bonds. The van der Waals surface area contributed by atoms with Gasteiger partial charge in [-0.15, -0.1) is 0 Å². The van der Waals surface area contributed by atoms with E-state index in [-0.39, 0.29) is 12.4 Å². The molecule has 26 heavy (non-hydrogen) atoms. The number of carbonyl (C=O) groups excluding carboxylic acids is 2. The largest absolute Gasteiger partial charge is 0.497 e. The first kappa shape index (κ1) is 18.0. The molecule has 0 radical (unpaired) electrons. The van der Waals surface area contributed by atoms with Gasteiger partial charge in [0.1, 0.15) is 5.75 Å². The number of aromatic nitrogens is 1. The second-order valence-corrected chi connectivity index (χ2v) is 6.53. The molecule has 0 bridgehead atoms. The molecule has 2 aromatic rings. The van der Waals surface area contributed by atoms with Crippen LogP contribution in [0.25, 0.3) is 6.08 Å². The molecule has 1 aliphatic rings. The fourth-order valence-electron chi connectivity index (χ4n) is 3.13. The third kappa shape index (κ3) is 4.04. The number of hydrogen-bond acceptors (Lipinski definition) is 4. The van der Waals surface area contributed by atoms with Gasteiger partial charge in [0, 0.05) is 29.1 Å².